The molecule has 0 saturated carbocycles. The molecule has 0 unspecified atom stereocenters. The van der Waals surface area contributed by atoms with E-state index in [9.17, 15) is 0 Å². The maximum Gasteiger partial charge on any atom is 0.101 e. The Kier molecular flexibility index (Phi) is 3.46. The Balaban J connectivity index is 2.12. The molecule has 0 spiro atoms. The zero-order chi connectivity index (χ0) is 12.1. The van der Waals surface area contributed by atoms with E-state index in [1.54, 1.807) is 12.4 Å². The third kappa shape index (κ3) is 2.88. The first-order valence-electron chi connectivity index (χ1n) is 5.55. The fourth-order valence-electron chi connectivity index (χ4n) is 1.69. The molecule has 2 heterocycles. The van der Waals surface area contributed by atoms with Crippen LogP contribution in [0.25, 0.3) is 0 Å². The van der Waals surface area contributed by atoms with Gasteiger partial charge in [-0.05, 0) is 43.5 Å². The summed E-state index contributed by atoms with van der Waals surface area (Å²) in [6, 6.07) is 9.92. The van der Waals surface area contributed by atoms with E-state index in [1.165, 1.54) is 0 Å². The molecule has 0 fully saturated rings. The average Bonchev–Trinajstić information content (AvgIpc) is 2.38. The van der Waals surface area contributed by atoms with Crippen LogP contribution in [0, 0.1) is 18.3 Å². The van der Waals surface area contributed by atoms with Gasteiger partial charge in [0.15, 0.2) is 0 Å². The fraction of sp³-hybridized carbons (Fsp3) is 0.214. The second-order valence-electron chi connectivity index (χ2n) is 3.94. The molecule has 0 aliphatic carbocycles. The van der Waals surface area contributed by atoms with Gasteiger partial charge in [-0.1, -0.05) is 6.07 Å². The van der Waals surface area contributed by atoms with Crippen molar-refractivity contribution in [2.24, 2.45) is 0 Å². The average molecular weight is 223 g/mol. The van der Waals surface area contributed by atoms with Crippen molar-refractivity contribution >= 4 is 0 Å². The number of pyridine rings is 2. The van der Waals surface area contributed by atoms with Crippen LogP contribution in [0.1, 0.15) is 22.5 Å². The minimum atomic E-state index is 0.668. The highest BCUT2D eigenvalue weighted by Crippen LogP contribution is 2.10. The Hall–Kier alpha value is -2.21. The number of hydrogen-bond donors (Lipinski definition) is 0. The minimum absolute atomic E-state index is 0.668. The van der Waals surface area contributed by atoms with Crippen LogP contribution >= 0.6 is 0 Å². The van der Waals surface area contributed by atoms with E-state index in [2.05, 4.69) is 16.0 Å². The van der Waals surface area contributed by atoms with Gasteiger partial charge in [0.25, 0.3) is 0 Å². The van der Waals surface area contributed by atoms with Crippen LogP contribution in [0.2, 0.25) is 0 Å². The van der Waals surface area contributed by atoms with E-state index >= 15 is 0 Å². The van der Waals surface area contributed by atoms with Gasteiger partial charge in [0.05, 0.1) is 11.3 Å². The Morgan fingerprint density at radius 1 is 1.24 bits per heavy atom. The van der Waals surface area contributed by atoms with Gasteiger partial charge in [0.1, 0.15) is 6.07 Å². The molecule has 0 bridgehead atoms. The highest BCUT2D eigenvalue weighted by atomic mass is 14.7. The molecule has 0 aliphatic rings. The molecule has 0 radical (unpaired) electrons. The summed E-state index contributed by atoms with van der Waals surface area (Å²) in [5, 5.41) is 9.03. The van der Waals surface area contributed by atoms with Gasteiger partial charge in [0.2, 0.25) is 0 Å². The highest BCUT2D eigenvalue weighted by molar-refractivity contribution is 5.35. The molecular formula is C14H13N3. The van der Waals surface area contributed by atoms with Gasteiger partial charge in [-0.25, -0.2) is 0 Å². The Labute approximate surface area is 101 Å². The maximum absolute atomic E-state index is 9.03. The van der Waals surface area contributed by atoms with Crippen molar-refractivity contribution in [2.45, 2.75) is 19.8 Å². The molecular weight excluding hydrogens is 210 g/mol. The van der Waals surface area contributed by atoms with Crippen LogP contribution in [-0.4, -0.2) is 9.97 Å². The second kappa shape index (κ2) is 5.22. The van der Waals surface area contributed by atoms with E-state index in [-0.39, 0.29) is 0 Å². The van der Waals surface area contributed by atoms with E-state index in [0.717, 1.165) is 29.8 Å². The summed E-state index contributed by atoms with van der Waals surface area (Å²) < 4.78 is 0. The summed E-state index contributed by atoms with van der Waals surface area (Å²) >= 11 is 0. The molecule has 0 N–H and O–H groups in total. The van der Waals surface area contributed by atoms with Crippen LogP contribution in [0.15, 0.2) is 36.7 Å². The van der Waals surface area contributed by atoms with Crippen molar-refractivity contribution in [3.63, 3.8) is 0 Å². The molecule has 3 nitrogen and oxygen atoms in total. The van der Waals surface area contributed by atoms with Gasteiger partial charge >= 0.3 is 0 Å². The standard InChI is InChI=1S/C14H13N3/c1-11-8-12(9-15)14(17-10-11)6-5-13-4-2-3-7-16-13/h2-4,7-8,10H,5-6H2,1H3. The first kappa shape index (κ1) is 11.3. The minimum Gasteiger partial charge on any atom is -0.261 e. The molecule has 84 valence electrons. The summed E-state index contributed by atoms with van der Waals surface area (Å²) in [5.74, 6) is 0. The Bertz CT molecular complexity index is 541. The van der Waals surface area contributed by atoms with Crippen LogP contribution in [0.3, 0.4) is 0 Å². The summed E-state index contributed by atoms with van der Waals surface area (Å²) in [6.45, 7) is 1.94. The second-order valence-corrected chi connectivity index (χ2v) is 3.94. The van der Waals surface area contributed by atoms with Gasteiger partial charge in [0, 0.05) is 18.1 Å². The molecule has 0 saturated heterocycles. The van der Waals surface area contributed by atoms with Crippen molar-refractivity contribution in [3.05, 3.63) is 59.2 Å². The number of nitriles is 1. The maximum atomic E-state index is 9.03. The lowest BCUT2D eigenvalue weighted by Crippen LogP contribution is -1.99. The zero-order valence-corrected chi connectivity index (χ0v) is 9.72. The lowest BCUT2D eigenvalue weighted by Gasteiger charge is -2.03. The van der Waals surface area contributed by atoms with Crippen molar-refractivity contribution in [1.82, 2.24) is 9.97 Å². The molecule has 2 aromatic rings. The van der Waals surface area contributed by atoms with Crippen molar-refractivity contribution in [3.8, 4) is 6.07 Å². The normalized spacial score (nSPS) is 9.88. The lowest BCUT2D eigenvalue weighted by molar-refractivity contribution is 0.874. The number of hydrogen-bond acceptors (Lipinski definition) is 3. The fourth-order valence-corrected chi connectivity index (χ4v) is 1.69. The number of aromatic nitrogens is 2. The predicted octanol–water partition coefficient (Wildman–Crippen LogP) is 2.44. The highest BCUT2D eigenvalue weighted by Gasteiger charge is 2.04. The topological polar surface area (TPSA) is 49.6 Å². The zero-order valence-electron chi connectivity index (χ0n) is 9.72. The third-order valence-corrected chi connectivity index (χ3v) is 2.57. The van der Waals surface area contributed by atoms with Crippen molar-refractivity contribution in [1.29, 1.82) is 5.26 Å². The SMILES string of the molecule is Cc1cnc(CCc2ccccn2)c(C#N)c1. The van der Waals surface area contributed by atoms with Crippen LogP contribution in [-0.2, 0) is 12.8 Å². The van der Waals surface area contributed by atoms with Crippen molar-refractivity contribution in [2.75, 3.05) is 0 Å². The molecule has 0 atom stereocenters. The lowest BCUT2D eigenvalue weighted by atomic mass is 10.1. The monoisotopic (exact) mass is 223 g/mol. The molecule has 0 aromatic carbocycles. The van der Waals surface area contributed by atoms with Gasteiger partial charge in [-0.15, -0.1) is 0 Å². The first-order chi connectivity index (χ1) is 8.29. The van der Waals surface area contributed by atoms with E-state index in [0.29, 0.717) is 5.56 Å². The smallest absolute Gasteiger partial charge is 0.101 e. The number of nitrogens with zero attached hydrogens (tertiary/aromatic N) is 3. The molecule has 0 aliphatic heterocycles. The predicted molar refractivity (Wildman–Crippen MR) is 65.3 cm³/mol. The van der Waals surface area contributed by atoms with Gasteiger partial charge in [-0.3, -0.25) is 9.97 Å². The van der Waals surface area contributed by atoms with E-state index in [4.69, 9.17) is 5.26 Å². The molecule has 2 aromatic heterocycles. The van der Waals surface area contributed by atoms with Crippen LogP contribution in [0.5, 0.6) is 0 Å². The van der Waals surface area contributed by atoms with E-state index < -0.39 is 0 Å². The van der Waals surface area contributed by atoms with Gasteiger partial charge in [-0.2, -0.15) is 5.26 Å². The summed E-state index contributed by atoms with van der Waals surface area (Å²) in [5.41, 5.74) is 3.56. The van der Waals surface area contributed by atoms with Crippen LogP contribution in [0.4, 0.5) is 0 Å². The largest absolute Gasteiger partial charge is 0.261 e. The summed E-state index contributed by atoms with van der Waals surface area (Å²) in [4.78, 5) is 8.57. The summed E-state index contributed by atoms with van der Waals surface area (Å²) in [6.07, 6.45) is 5.14. The molecule has 0 amide bonds. The summed E-state index contributed by atoms with van der Waals surface area (Å²) in [7, 11) is 0. The number of rotatable bonds is 3. The first-order valence-corrected chi connectivity index (χ1v) is 5.55. The molecule has 3 heteroatoms. The molecule has 2 rings (SSSR count). The van der Waals surface area contributed by atoms with E-state index in [1.807, 2.05) is 31.2 Å². The Morgan fingerprint density at radius 2 is 2.12 bits per heavy atom. The Morgan fingerprint density at radius 3 is 2.82 bits per heavy atom. The number of aryl methyl sites for hydroxylation is 3. The van der Waals surface area contributed by atoms with Crippen LogP contribution < -0.4 is 0 Å². The third-order valence-electron chi connectivity index (χ3n) is 2.57. The van der Waals surface area contributed by atoms with Gasteiger partial charge < -0.3 is 0 Å². The quantitative estimate of drug-likeness (QED) is 0.803. The van der Waals surface area contributed by atoms with Crippen molar-refractivity contribution < 1.29 is 0 Å². The molecule has 17 heavy (non-hydrogen) atoms.